The molecular formula is C11H23NO2. The van der Waals surface area contributed by atoms with E-state index >= 15 is 0 Å². The predicted molar refractivity (Wildman–Crippen MR) is 58.2 cm³/mol. The molecule has 1 N–H and O–H groups in total. The molecule has 0 amide bonds. The first kappa shape index (κ1) is 13.4. The lowest BCUT2D eigenvalue weighted by Crippen LogP contribution is -2.27. The summed E-state index contributed by atoms with van der Waals surface area (Å²) in [4.78, 5) is 11.1. The Morgan fingerprint density at radius 1 is 1.29 bits per heavy atom. The van der Waals surface area contributed by atoms with E-state index in [1.807, 2.05) is 0 Å². The molecule has 0 aromatic carbocycles. The van der Waals surface area contributed by atoms with Crippen LogP contribution in [-0.4, -0.2) is 25.2 Å². The molecule has 84 valence electrons. The molecule has 0 saturated carbocycles. The molecule has 3 heteroatoms. The summed E-state index contributed by atoms with van der Waals surface area (Å²) in [7, 11) is 0. The second kappa shape index (κ2) is 7.80. The van der Waals surface area contributed by atoms with E-state index in [4.69, 9.17) is 4.74 Å². The number of carbonyl (C=O) groups is 1. The maximum atomic E-state index is 11.1. The molecule has 0 aliphatic rings. The summed E-state index contributed by atoms with van der Waals surface area (Å²) in [5.41, 5.74) is 0. The van der Waals surface area contributed by atoms with Gasteiger partial charge in [-0.3, -0.25) is 4.79 Å². The monoisotopic (exact) mass is 201 g/mol. The van der Waals surface area contributed by atoms with Crippen LogP contribution in [-0.2, 0) is 9.53 Å². The van der Waals surface area contributed by atoms with Gasteiger partial charge < -0.3 is 10.1 Å². The second-order valence-corrected chi connectivity index (χ2v) is 4.26. The van der Waals surface area contributed by atoms with Crippen molar-refractivity contribution in [3.05, 3.63) is 0 Å². The van der Waals surface area contributed by atoms with Gasteiger partial charge in [-0.05, 0) is 12.3 Å². The SMILES string of the molecule is CC(C)CCC(=O)OCCNC(C)C. The summed E-state index contributed by atoms with van der Waals surface area (Å²) in [6.07, 6.45) is 1.45. The van der Waals surface area contributed by atoms with Crippen molar-refractivity contribution in [1.82, 2.24) is 5.32 Å². The first-order valence-corrected chi connectivity index (χ1v) is 5.41. The van der Waals surface area contributed by atoms with Gasteiger partial charge in [-0.25, -0.2) is 0 Å². The van der Waals surface area contributed by atoms with E-state index in [9.17, 15) is 4.79 Å². The summed E-state index contributed by atoms with van der Waals surface area (Å²) >= 11 is 0. The van der Waals surface area contributed by atoms with Crippen LogP contribution in [0.25, 0.3) is 0 Å². The van der Waals surface area contributed by atoms with Gasteiger partial charge in [0.25, 0.3) is 0 Å². The van der Waals surface area contributed by atoms with Crippen molar-refractivity contribution in [3.8, 4) is 0 Å². The Morgan fingerprint density at radius 2 is 1.93 bits per heavy atom. The Hall–Kier alpha value is -0.570. The normalized spacial score (nSPS) is 11.0. The number of esters is 1. The molecule has 0 aliphatic carbocycles. The van der Waals surface area contributed by atoms with Crippen LogP contribution >= 0.6 is 0 Å². The second-order valence-electron chi connectivity index (χ2n) is 4.26. The van der Waals surface area contributed by atoms with E-state index in [2.05, 4.69) is 33.0 Å². The van der Waals surface area contributed by atoms with Crippen LogP contribution in [0, 0.1) is 5.92 Å². The fourth-order valence-corrected chi connectivity index (χ4v) is 0.991. The quantitative estimate of drug-likeness (QED) is 0.505. The Labute approximate surface area is 87.2 Å². The van der Waals surface area contributed by atoms with Gasteiger partial charge in [0.2, 0.25) is 0 Å². The van der Waals surface area contributed by atoms with Crippen LogP contribution in [0.4, 0.5) is 0 Å². The maximum absolute atomic E-state index is 11.1. The molecule has 0 fully saturated rings. The van der Waals surface area contributed by atoms with Crippen molar-refractivity contribution in [1.29, 1.82) is 0 Å². The molecule has 14 heavy (non-hydrogen) atoms. The topological polar surface area (TPSA) is 38.3 Å². The lowest BCUT2D eigenvalue weighted by Gasteiger charge is -2.09. The molecule has 0 bridgehead atoms. The zero-order valence-electron chi connectivity index (χ0n) is 9.80. The molecule has 0 aliphatic heterocycles. The molecule has 0 radical (unpaired) electrons. The molecule has 0 heterocycles. The van der Waals surface area contributed by atoms with Crippen LogP contribution in [0.2, 0.25) is 0 Å². The summed E-state index contributed by atoms with van der Waals surface area (Å²) in [6.45, 7) is 9.57. The zero-order valence-corrected chi connectivity index (χ0v) is 9.80. The van der Waals surface area contributed by atoms with E-state index in [-0.39, 0.29) is 5.97 Å². The fraction of sp³-hybridized carbons (Fsp3) is 0.909. The first-order chi connectivity index (χ1) is 6.52. The van der Waals surface area contributed by atoms with Crippen molar-refractivity contribution in [2.45, 2.75) is 46.6 Å². The Balaban J connectivity index is 3.27. The van der Waals surface area contributed by atoms with E-state index < -0.39 is 0 Å². The molecule has 0 saturated heterocycles. The minimum Gasteiger partial charge on any atom is -0.464 e. The summed E-state index contributed by atoms with van der Waals surface area (Å²) in [5.74, 6) is 0.487. The Morgan fingerprint density at radius 3 is 2.43 bits per heavy atom. The minimum absolute atomic E-state index is 0.0794. The van der Waals surface area contributed by atoms with E-state index in [0.29, 0.717) is 25.0 Å². The lowest BCUT2D eigenvalue weighted by atomic mass is 10.1. The molecule has 3 nitrogen and oxygen atoms in total. The van der Waals surface area contributed by atoms with Crippen molar-refractivity contribution in [2.75, 3.05) is 13.2 Å². The predicted octanol–water partition coefficient (Wildman–Crippen LogP) is 1.96. The number of nitrogens with one attached hydrogen (secondary N) is 1. The number of carbonyl (C=O) groups excluding carboxylic acids is 1. The Bertz CT molecular complexity index is 155. The third kappa shape index (κ3) is 9.52. The largest absolute Gasteiger partial charge is 0.464 e. The third-order valence-corrected chi connectivity index (χ3v) is 1.84. The van der Waals surface area contributed by atoms with Gasteiger partial charge in [-0.1, -0.05) is 27.7 Å². The lowest BCUT2D eigenvalue weighted by molar-refractivity contribution is -0.143. The number of rotatable bonds is 7. The van der Waals surface area contributed by atoms with Gasteiger partial charge in [0.1, 0.15) is 6.61 Å². The first-order valence-electron chi connectivity index (χ1n) is 5.41. The van der Waals surface area contributed by atoms with Crippen LogP contribution < -0.4 is 5.32 Å². The standard InChI is InChI=1S/C11H23NO2/c1-9(2)5-6-11(13)14-8-7-12-10(3)4/h9-10,12H,5-8H2,1-4H3. The number of ether oxygens (including phenoxy) is 1. The molecule has 0 rings (SSSR count). The van der Waals surface area contributed by atoms with Gasteiger partial charge in [0.15, 0.2) is 0 Å². The highest BCUT2D eigenvalue weighted by Gasteiger charge is 2.04. The van der Waals surface area contributed by atoms with E-state index in [1.54, 1.807) is 0 Å². The molecule has 0 unspecified atom stereocenters. The van der Waals surface area contributed by atoms with Crippen molar-refractivity contribution in [2.24, 2.45) is 5.92 Å². The Kier molecular flexibility index (Phi) is 7.48. The fourth-order valence-electron chi connectivity index (χ4n) is 0.991. The highest BCUT2D eigenvalue weighted by atomic mass is 16.5. The van der Waals surface area contributed by atoms with Crippen molar-refractivity contribution < 1.29 is 9.53 Å². The molecular weight excluding hydrogens is 178 g/mol. The highest BCUT2D eigenvalue weighted by molar-refractivity contribution is 5.69. The maximum Gasteiger partial charge on any atom is 0.305 e. The summed E-state index contributed by atoms with van der Waals surface area (Å²) in [5, 5.41) is 3.19. The van der Waals surface area contributed by atoms with Gasteiger partial charge in [0.05, 0.1) is 0 Å². The van der Waals surface area contributed by atoms with E-state index in [0.717, 1.165) is 13.0 Å². The zero-order chi connectivity index (χ0) is 11.0. The highest BCUT2D eigenvalue weighted by Crippen LogP contribution is 2.03. The van der Waals surface area contributed by atoms with Gasteiger partial charge >= 0.3 is 5.97 Å². The van der Waals surface area contributed by atoms with Gasteiger partial charge in [-0.2, -0.15) is 0 Å². The summed E-state index contributed by atoms with van der Waals surface area (Å²) in [6, 6.07) is 0.448. The molecule has 0 aromatic heterocycles. The molecule has 0 aromatic rings. The molecule has 0 spiro atoms. The van der Waals surface area contributed by atoms with Crippen LogP contribution in [0.1, 0.15) is 40.5 Å². The van der Waals surface area contributed by atoms with Crippen LogP contribution in [0.15, 0.2) is 0 Å². The minimum atomic E-state index is -0.0794. The average Bonchev–Trinajstić information content (AvgIpc) is 2.08. The number of hydrogen-bond donors (Lipinski definition) is 1. The average molecular weight is 201 g/mol. The van der Waals surface area contributed by atoms with Crippen molar-refractivity contribution >= 4 is 5.97 Å². The summed E-state index contributed by atoms with van der Waals surface area (Å²) < 4.78 is 5.04. The van der Waals surface area contributed by atoms with Gasteiger partial charge in [0, 0.05) is 19.0 Å². The van der Waals surface area contributed by atoms with E-state index in [1.165, 1.54) is 0 Å². The smallest absolute Gasteiger partial charge is 0.305 e. The third-order valence-electron chi connectivity index (χ3n) is 1.84. The van der Waals surface area contributed by atoms with Gasteiger partial charge in [-0.15, -0.1) is 0 Å². The van der Waals surface area contributed by atoms with Crippen LogP contribution in [0.5, 0.6) is 0 Å². The number of hydrogen-bond acceptors (Lipinski definition) is 3. The molecule has 0 atom stereocenters. The van der Waals surface area contributed by atoms with Crippen molar-refractivity contribution in [3.63, 3.8) is 0 Å². The van der Waals surface area contributed by atoms with Crippen LogP contribution in [0.3, 0.4) is 0 Å².